The van der Waals surface area contributed by atoms with Gasteiger partial charge in [-0.25, -0.2) is 13.7 Å². The highest BCUT2D eigenvalue weighted by molar-refractivity contribution is 7.76. The van der Waals surface area contributed by atoms with Crippen molar-refractivity contribution in [2.75, 3.05) is 19.0 Å². The minimum absolute atomic E-state index is 0.0654. The van der Waals surface area contributed by atoms with Crippen molar-refractivity contribution in [3.8, 4) is 22.6 Å². The van der Waals surface area contributed by atoms with E-state index >= 15 is 4.39 Å². The summed E-state index contributed by atoms with van der Waals surface area (Å²) in [5.74, 6) is -1.57. The number of anilines is 1. The van der Waals surface area contributed by atoms with Gasteiger partial charge in [0.1, 0.15) is 28.2 Å². The maximum Gasteiger partial charge on any atom is 0.323 e. The number of carbonyl (C=O) groups is 2. The second kappa shape index (κ2) is 13.7. The zero-order valence-electron chi connectivity index (χ0n) is 28.2. The fourth-order valence-electron chi connectivity index (χ4n) is 7.12. The standard InChI is InChI=1S/C36H37ClFN5O7S/c1-19-20(6-5-9-25(19)41-34(44)33-40-26-18-43(51(47)48)15-12-27(26)42(33)2)21-7-4-8-23-22(21)10-11-28(23)50-30-16-29(49-3)24(32(38)31(30)37)17-39-36(13-14-36)35(45)46/h4-9,16,28,39H,10-15,17-18H2,1-3H3,(H,41,44)(H,45,46)(H,47,48)/p-1. The Bertz CT molecular complexity index is 2100. The van der Waals surface area contributed by atoms with Gasteiger partial charge in [0.25, 0.3) is 5.91 Å². The summed E-state index contributed by atoms with van der Waals surface area (Å²) in [4.78, 5) is 29.6. The molecule has 51 heavy (non-hydrogen) atoms. The van der Waals surface area contributed by atoms with Gasteiger partial charge in [-0.3, -0.25) is 19.1 Å². The fraction of sp³-hybridized carbons (Fsp3) is 0.361. The van der Waals surface area contributed by atoms with Gasteiger partial charge in [-0.05, 0) is 66.5 Å². The molecular weight excluding hydrogens is 701 g/mol. The zero-order valence-corrected chi connectivity index (χ0v) is 29.8. The first-order valence-corrected chi connectivity index (χ1v) is 17.9. The highest BCUT2D eigenvalue weighted by Crippen LogP contribution is 2.45. The molecule has 0 bridgehead atoms. The number of nitrogens with one attached hydrogen (secondary N) is 2. The van der Waals surface area contributed by atoms with Crippen molar-refractivity contribution in [2.24, 2.45) is 7.05 Å². The third-order valence-electron chi connectivity index (χ3n) is 10.2. The SMILES string of the molecule is COc1cc(OC2CCc3c(-c4cccc(NC(=O)c5nc6c(n5C)CCN(S(=O)[O-])C6)c4C)cccc32)c(Cl)c(F)c1CNC1(C(=O)O)CC1. The molecule has 1 amide bonds. The van der Waals surface area contributed by atoms with E-state index in [0.29, 0.717) is 50.0 Å². The first-order chi connectivity index (χ1) is 24.4. The van der Waals surface area contributed by atoms with Crippen LogP contribution in [0.3, 0.4) is 0 Å². The molecule has 3 aliphatic rings. The van der Waals surface area contributed by atoms with Crippen molar-refractivity contribution >= 4 is 40.4 Å². The molecular formula is C36H36ClFN5O7S-. The van der Waals surface area contributed by atoms with E-state index in [9.17, 15) is 23.5 Å². The van der Waals surface area contributed by atoms with E-state index in [1.165, 1.54) is 11.4 Å². The van der Waals surface area contributed by atoms with Crippen LogP contribution in [-0.2, 0) is 49.0 Å². The van der Waals surface area contributed by atoms with Crippen LogP contribution in [0.25, 0.3) is 11.1 Å². The lowest BCUT2D eigenvalue weighted by Crippen LogP contribution is -2.38. The van der Waals surface area contributed by atoms with Crippen molar-refractivity contribution in [1.29, 1.82) is 0 Å². The molecule has 268 valence electrons. The number of hydrogen-bond donors (Lipinski definition) is 3. The summed E-state index contributed by atoms with van der Waals surface area (Å²) in [7, 11) is 3.17. The number of nitrogens with zero attached hydrogens (tertiary/aromatic N) is 3. The number of benzene rings is 3. The number of hydrogen-bond acceptors (Lipinski definition) is 8. The van der Waals surface area contributed by atoms with Crippen molar-refractivity contribution < 1.29 is 37.3 Å². The van der Waals surface area contributed by atoms with E-state index in [1.54, 1.807) is 17.7 Å². The Morgan fingerprint density at radius 3 is 2.63 bits per heavy atom. The van der Waals surface area contributed by atoms with Gasteiger partial charge in [0, 0.05) is 60.8 Å². The van der Waals surface area contributed by atoms with Gasteiger partial charge in [-0.15, -0.1) is 0 Å². The molecule has 1 aliphatic heterocycles. The van der Waals surface area contributed by atoms with E-state index in [2.05, 4.69) is 15.6 Å². The van der Waals surface area contributed by atoms with Crippen LogP contribution in [0.5, 0.6) is 11.5 Å². The van der Waals surface area contributed by atoms with Crippen LogP contribution in [-0.4, -0.2) is 58.8 Å². The van der Waals surface area contributed by atoms with Gasteiger partial charge in [0.15, 0.2) is 11.6 Å². The summed E-state index contributed by atoms with van der Waals surface area (Å²) in [5.41, 5.74) is 5.85. The molecule has 0 spiro atoms. The molecule has 2 unspecified atom stereocenters. The Hall–Kier alpha value is -4.34. The molecule has 1 saturated carbocycles. The number of carboxylic acids is 1. The Kier molecular flexibility index (Phi) is 9.39. The predicted molar refractivity (Wildman–Crippen MR) is 187 cm³/mol. The first-order valence-electron chi connectivity index (χ1n) is 16.5. The molecule has 0 radical (unpaired) electrons. The van der Waals surface area contributed by atoms with Crippen LogP contribution >= 0.6 is 11.6 Å². The van der Waals surface area contributed by atoms with Gasteiger partial charge in [0.2, 0.25) is 0 Å². The largest absolute Gasteiger partial charge is 0.760 e. The zero-order chi connectivity index (χ0) is 36.2. The third kappa shape index (κ3) is 6.40. The molecule has 2 aliphatic carbocycles. The number of aliphatic carboxylic acids is 1. The second-order valence-electron chi connectivity index (χ2n) is 13.1. The van der Waals surface area contributed by atoms with E-state index in [-0.39, 0.29) is 41.0 Å². The molecule has 3 aromatic carbocycles. The van der Waals surface area contributed by atoms with Crippen LogP contribution in [0, 0.1) is 12.7 Å². The van der Waals surface area contributed by atoms with Gasteiger partial charge in [-0.1, -0.05) is 41.9 Å². The number of aromatic nitrogens is 2. The fourth-order valence-corrected chi connectivity index (χ4v) is 7.80. The molecule has 2 heterocycles. The third-order valence-corrected chi connectivity index (χ3v) is 11.3. The van der Waals surface area contributed by atoms with Crippen LogP contribution in [0.2, 0.25) is 5.02 Å². The molecule has 0 saturated heterocycles. The minimum atomic E-state index is -2.36. The number of imidazole rings is 1. The summed E-state index contributed by atoms with van der Waals surface area (Å²) < 4.78 is 53.4. The highest BCUT2D eigenvalue weighted by atomic mass is 35.5. The lowest BCUT2D eigenvalue weighted by atomic mass is 9.93. The van der Waals surface area contributed by atoms with Crippen LogP contribution in [0.4, 0.5) is 10.1 Å². The highest BCUT2D eigenvalue weighted by Gasteiger charge is 2.50. The molecule has 1 aromatic heterocycles. The summed E-state index contributed by atoms with van der Waals surface area (Å²) >= 11 is 4.14. The van der Waals surface area contributed by atoms with Crippen molar-refractivity contribution in [3.63, 3.8) is 0 Å². The number of methoxy groups -OCH3 is 1. The van der Waals surface area contributed by atoms with Crippen molar-refractivity contribution in [2.45, 2.75) is 63.8 Å². The lowest BCUT2D eigenvalue weighted by molar-refractivity contribution is -0.140. The van der Waals surface area contributed by atoms with E-state index in [0.717, 1.165) is 33.5 Å². The number of carboxylic acid groups (broad SMARTS) is 1. The first kappa shape index (κ1) is 35.1. The van der Waals surface area contributed by atoms with Gasteiger partial charge in [-0.2, -0.15) is 0 Å². The second-order valence-corrected chi connectivity index (χ2v) is 14.4. The molecule has 12 nitrogen and oxygen atoms in total. The van der Waals surface area contributed by atoms with Crippen molar-refractivity contribution in [1.82, 2.24) is 19.2 Å². The molecule has 4 aromatic rings. The Morgan fingerprint density at radius 2 is 1.92 bits per heavy atom. The van der Waals surface area contributed by atoms with Gasteiger partial charge < -0.3 is 29.0 Å². The van der Waals surface area contributed by atoms with E-state index < -0.39 is 40.6 Å². The quantitative estimate of drug-likeness (QED) is 0.172. The average Bonchev–Trinajstić information content (AvgIpc) is 3.70. The summed E-state index contributed by atoms with van der Waals surface area (Å²) in [6.07, 6.45) is 2.28. The monoisotopic (exact) mass is 736 g/mol. The predicted octanol–water partition coefficient (Wildman–Crippen LogP) is 5.37. The molecule has 3 N–H and O–H groups in total. The van der Waals surface area contributed by atoms with Crippen LogP contribution in [0.15, 0.2) is 42.5 Å². The average molecular weight is 737 g/mol. The number of halogens is 2. The number of fused-ring (bicyclic) bond motifs is 2. The number of carbonyl (C=O) groups excluding carboxylic acids is 1. The summed E-state index contributed by atoms with van der Waals surface area (Å²) in [6, 6.07) is 13.2. The van der Waals surface area contributed by atoms with Crippen molar-refractivity contribution in [3.05, 3.63) is 92.8 Å². The maximum atomic E-state index is 15.6. The maximum absolute atomic E-state index is 15.6. The van der Waals surface area contributed by atoms with E-state index in [1.807, 2.05) is 43.3 Å². The van der Waals surface area contributed by atoms with Gasteiger partial charge >= 0.3 is 5.97 Å². The van der Waals surface area contributed by atoms with Crippen LogP contribution < -0.4 is 20.1 Å². The van der Waals surface area contributed by atoms with Gasteiger partial charge in [0.05, 0.1) is 19.3 Å². The normalized spacial score (nSPS) is 18.1. The molecule has 15 heteroatoms. The molecule has 1 fully saturated rings. The number of ether oxygens (including phenoxy) is 2. The summed E-state index contributed by atoms with van der Waals surface area (Å²) in [6.45, 7) is 2.32. The Balaban J connectivity index is 1.11. The van der Waals surface area contributed by atoms with Crippen LogP contribution in [0.1, 0.15) is 69.6 Å². The molecule has 7 rings (SSSR count). The van der Waals surface area contributed by atoms with E-state index in [4.69, 9.17) is 21.1 Å². The number of rotatable bonds is 11. The number of amides is 1. The smallest absolute Gasteiger partial charge is 0.323 e. The lowest BCUT2D eigenvalue weighted by Gasteiger charge is -2.27. The molecule has 2 atom stereocenters. The Morgan fingerprint density at radius 1 is 1.18 bits per heavy atom. The topological polar surface area (TPSA) is 158 Å². The Labute approximate surface area is 301 Å². The summed E-state index contributed by atoms with van der Waals surface area (Å²) in [5, 5.41) is 15.2. The minimum Gasteiger partial charge on any atom is -0.760 e.